The lowest BCUT2D eigenvalue weighted by Gasteiger charge is -2.25. The Bertz CT molecular complexity index is 382. The molecule has 1 unspecified atom stereocenters. The molecule has 0 aliphatic heterocycles. The molecule has 0 radical (unpaired) electrons. The van der Waals surface area contributed by atoms with Gasteiger partial charge in [-0.3, -0.25) is 9.78 Å². The van der Waals surface area contributed by atoms with Gasteiger partial charge in [-0.2, -0.15) is 0 Å². The first-order valence-electron chi connectivity index (χ1n) is 5.68. The minimum absolute atomic E-state index is 0.000476. The lowest BCUT2D eigenvalue weighted by Crippen LogP contribution is -2.32. The van der Waals surface area contributed by atoms with E-state index in [1.807, 2.05) is 31.9 Å². The van der Waals surface area contributed by atoms with Gasteiger partial charge in [-0.25, -0.2) is 0 Å². The molecule has 1 atom stereocenters. The van der Waals surface area contributed by atoms with Gasteiger partial charge in [0, 0.05) is 31.5 Å². The number of aliphatic hydroxyl groups is 1. The van der Waals surface area contributed by atoms with Crippen LogP contribution in [0.5, 0.6) is 0 Å². The summed E-state index contributed by atoms with van der Waals surface area (Å²) in [5.41, 5.74) is 1.25. The van der Waals surface area contributed by atoms with Crippen LogP contribution < -0.4 is 10.2 Å². The number of pyridine rings is 1. The molecule has 0 aliphatic carbocycles. The Kier molecular flexibility index (Phi) is 4.90. The van der Waals surface area contributed by atoms with Crippen molar-refractivity contribution in [3.05, 3.63) is 24.0 Å². The van der Waals surface area contributed by atoms with Crippen molar-refractivity contribution in [2.45, 2.75) is 19.9 Å². The zero-order valence-electron chi connectivity index (χ0n) is 10.5. The minimum Gasteiger partial charge on any atom is -0.394 e. The molecule has 2 N–H and O–H groups in total. The first-order chi connectivity index (χ1) is 8.10. The van der Waals surface area contributed by atoms with Crippen molar-refractivity contribution in [2.75, 3.05) is 25.1 Å². The first kappa shape index (κ1) is 13.4. The molecule has 1 aromatic rings. The van der Waals surface area contributed by atoms with Crippen LogP contribution in [-0.4, -0.2) is 42.2 Å². The fourth-order valence-corrected chi connectivity index (χ4v) is 1.39. The quantitative estimate of drug-likeness (QED) is 0.789. The van der Waals surface area contributed by atoms with Crippen LogP contribution in [0.2, 0.25) is 0 Å². The number of aliphatic hydroxyl groups excluding tert-OH is 1. The van der Waals surface area contributed by atoms with Crippen molar-refractivity contribution in [1.29, 1.82) is 0 Å². The lowest BCUT2D eigenvalue weighted by atomic mass is 10.2. The summed E-state index contributed by atoms with van der Waals surface area (Å²) in [6.07, 6.45) is 1.60. The van der Waals surface area contributed by atoms with Crippen LogP contribution in [0.4, 0.5) is 5.69 Å². The highest BCUT2D eigenvalue weighted by atomic mass is 16.3. The maximum Gasteiger partial charge on any atom is 0.269 e. The van der Waals surface area contributed by atoms with E-state index < -0.39 is 0 Å². The molecule has 0 aromatic carbocycles. The summed E-state index contributed by atoms with van der Waals surface area (Å²) in [6.45, 7) is 4.41. The van der Waals surface area contributed by atoms with Gasteiger partial charge in [-0.15, -0.1) is 0 Å². The third kappa shape index (κ3) is 3.42. The highest BCUT2D eigenvalue weighted by Crippen LogP contribution is 2.15. The van der Waals surface area contributed by atoms with E-state index in [1.54, 1.807) is 12.3 Å². The second-order valence-electron chi connectivity index (χ2n) is 3.90. The van der Waals surface area contributed by atoms with Gasteiger partial charge in [-0.1, -0.05) is 0 Å². The van der Waals surface area contributed by atoms with Crippen LogP contribution in [0.25, 0.3) is 0 Å². The number of carbonyl (C=O) groups excluding carboxylic acids is 1. The Balaban J connectivity index is 2.89. The molecule has 0 spiro atoms. The number of hydrogen-bond acceptors (Lipinski definition) is 4. The van der Waals surface area contributed by atoms with Gasteiger partial charge in [0.05, 0.1) is 6.61 Å². The van der Waals surface area contributed by atoms with Crippen LogP contribution in [0.15, 0.2) is 18.3 Å². The number of nitrogens with one attached hydrogen (secondary N) is 1. The molecule has 1 rings (SSSR count). The number of aromatic nitrogens is 1. The summed E-state index contributed by atoms with van der Waals surface area (Å²) in [4.78, 5) is 17.5. The molecule has 5 nitrogen and oxygen atoms in total. The SMILES string of the molecule is CCNC(=O)c1cc(N(C)C(C)CO)ccn1. The Morgan fingerprint density at radius 3 is 2.94 bits per heavy atom. The molecule has 94 valence electrons. The molecular formula is C12H19N3O2. The van der Waals surface area contributed by atoms with E-state index in [0.29, 0.717) is 12.2 Å². The molecule has 1 heterocycles. The summed E-state index contributed by atoms with van der Waals surface area (Å²) < 4.78 is 0. The van der Waals surface area contributed by atoms with E-state index in [9.17, 15) is 4.79 Å². The zero-order chi connectivity index (χ0) is 12.8. The lowest BCUT2D eigenvalue weighted by molar-refractivity contribution is 0.0951. The standard InChI is InChI=1S/C12H19N3O2/c1-4-13-12(17)11-7-10(5-6-14-11)15(3)9(2)8-16/h5-7,9,16H,4,8H2,1-3H3,(H,13,17). The van der Waals surface area contributed by atoms with E-state index in [1.165, 1.54) is 0 Å². The monoisotopic (exact) mass is 237 g/mol. The van der Waals surface area contributed by atoms with Crippen LogP contribution in [0.1, 0.15) is 24.3 Å². The van der Waals surface area contributed by atoms with Gasteiger partial charge in [0.25, 0.3) is 5.91 Å². The highest BCUT2D eigenvalue weighted by Gasteiger charge is 2.12. The largest absolute Gasteiger partial charge is 0.394 e. The third-order valence-electron chi connectivity index (χ3n) is 2.65. The smallest absolute Gasteiger partial charge is 0.269 e. The number of hydrogen-bond donors (Lipinski definition) is 2. The van der Waals surface area contributed by atoms with Gasteiger partial charge < -0.3 is 15.3 Å². The topological polar surface area (TPSA) is 65.5 Å². The van der Waals surface area contributed by atoms with E-state index in [2.05, 4.69) is 10.3 Å². The molecule has 0 saturated carbocycles. The summed E-state index contributed by atoms with van der Waals surface area (Å²) in [5, 5.41) is 11.8. The highest BCUT2D eigenvalue weighted by molar-refractivity contribution is 5.93. The zero-order valence-corrected chi connectivity index (χ0v) is 10.5. The number of likely N-dealkylation sites (N-methyl/N-ethyl adjacent to an activating group) is 1. The fraction of sp³-hybridized carbons (Fsp3) is 0.500. The summed E-state index contributed by atoms with van der Waals surface area (Å²) in [5.74, 6) is -0.181. The van der Waals surface area contributed by atoms with Crippen molar-refractivity contribution >= 4 is 11.6 Å². The Labute approximate surface area is 101 Å². The average molecular weight is 237 g/mol. The van der Waals surface area contributed by atoms with E-state index in [0.717, 1.165) is 5.69 Å². The molecule has 1 amide bonds. The fourth-order valence-electron chi connectivity index (χ4n) is 1.39. The van der Waals surface area contributed by atoms with Gasteiger partial charge in [0.15, 0.2) is 0 Å². The molecule has 0 saturated heterocycles. The summed E-state index contributed by atoms with van der Waals surface area (Å²) in [6, 6.07) is 3.53. The van der Waals surface area contributed by atoms with Crippen molar-refractivity contribution in [1.82, 2.24) is 10.3 Å². The van der Waals surface area contributed by atoms with Crippen LogP contribution in [-0.2, 0) is 0 Å². The van der Waals surface area contributed by atoms with E-state index in [4.69, 9.17) is 5.11 Å². The average Bonchev–Trinajstić information content (AvgIpc) is 2.37. The van der Waals surface area contributed by atoms with Gasteiger partial charge in [-0.05, 0) is 26.0 Å². The van der Waals surface area contributed by atoms with Crippen LogP contribution in [0, 0.1) is 0 Å². The molecule has 5 heteroatoms. The van der Waals surface area contributed by atoms with Gasteiger partial charge in [0.1, 0.15) is 5.69 Å². The summed E-state index contributed by atoms with van der Waals surface area (Å²) in [7, 11) is 1.87. The normalized spacial score (nSPS) is 12.0. The van der Waals surface area contributed by atoms with Crippen LogP contribution >= 0.6 is 0 Å². The van der Waals surface area contributed by atoms with Crippen LogP contribution in [0.3, 0.4) is 0 Å². The van der Waals surface area contributed by atoms with Gasteiger partial charge >= 0.3 is 0 Å². The molecule has 0 bridgehead atoms. The maximum atomic E-state index is 11.6. The third-order valence-corrected chi connectivity index (χ3v) is 2.65. The number of amides is 1. The van der Waals surface area contributed by atoms with Crippen molar-refractivity contribution in [2.24, 2.45) is 0 Å². The molecule has 0 fully saturated rings. The predicted octanol–water partition coefficient (Wildman–Crippen LogP) is 0.648. The van der Waals surface area contributed by atoms with Gasteiger partial charge in [0.2, 0.25) is 0 Å². The number of rotatable bonds is 5. The van der Waals surface area contributed by atoms with Crippen molar-refractivity contribution in [3.63, 3.8) is 0 Å². The molecule has 1 aromatic heterocycles. The predicted molar refractivity (Wildman–Crippen MR) is 67.2 cm³/mol. The first-order valence-corrected chi connectivity index (χ1v) is 5.68. The minimum atomic E-state index is -0.181. The van der Waals surface area contributed by atoms with E-state index >= 15 is 0 Å². The van der Waals surface area contributed by atoms with E-state index in [-0.39, 0.29) is 18.6 Å². The Hall–Kier alpha value is -1.62. The van der Waals surface area contributed by atoms with Crippen molar-refractivity contribution < 1.29 is 9.90 Å². The van der Waals surface area contributed by atoms with Crippen molar-refractivity contribution in [3.8, 4) is 0 Å². The number of anilines is 1. The number of nitrogens with zero attached hydrogens (tertiary/aromatic N) is 2. The Morgan fingerprint density at radius 1 is 1.65 bits per heavy atom. The summed E-state index contributed by atoms with van der Waals surface area (Å²) >= 11 is 0. The molecular weight excluding hydrogens is 218 g/mol. The second-order valence-corrected chi connectivity index (χ2v) is 3.90. The Morgan fingerprint density at radius 2 is 2.35 bits per heavy atom. The second kappa shape index (κ2) is 6.20. The molecule has 0 aliphatic rings. The molecule has 17 heavy (non-hydrogen) atoms. The number of carbonyl (C=O) groups is 1. The maximum absolute atomic E-state index is 11.6.